The van der Waals surface area contributed by atoms with Gasteiger partial charge in [0, 0.05) is 19.1 Å². The standard InChI is InChI=1S/C13H24F3NO/c1-2-17-11(5-3-9-13(14,15)16)7-8-12-6-4-10-18-12/h11-12,17H,2-10H2,1H3. The van der Waals surface area contributed by atoms with E-state index in [1.165, 1.54) is 0 Å². The minimum atomic E-state index is -4.02. The molecule has 0 aromatic heterocycles. The van der Waals surface area contributed by atoms with Crippen LogP contribution in [0.4, 0.5) is 13.2 Å². The summed E-state index contributed by atoms with van der Waals surface area (Å²) in [5, 5.41) is 3.27. The lowest BCUT2D eigenvalue weighted by molar-refractivity contribution is -0.135. The van der Waals surface area contributed by atoms with Gasteiger partial charge in [-0.3, -0.25) is 0 Å². The maximum Gasteiger partial charge on any atom is 0.389 e. The Labute approximate surface area is 107 Å². The van der Waals surface area contributed by atoms with Crippen LogP contribution in [-0.4, -0.2) is 31.5 Å². The van der Waals surface area contributed by atoms with Crippen molar-refractivity contribution in [2.75, 3.05) is 13.2 Å². The molecule has 1 rings (SSSR count). The van der Waals surface area contributed by atoms with Crippen molar-refractivity contribution in [2.45, 2.75) is 70.2 Å². The van der Waals surface area contributed by atoms with E-state index >= 15 is 0 Å². The van der Waals surface area contributed by atoms with E-state index in [4.69, 9.17) is 4.74 Å². The minimum Gasteiger partial charge on any atom is -0.378 e. The summed E-state index contributed by atoms with van der Waals surface area (Å²) >= 11 is 0. The largest absolute Gasteiger partial charge is 0.389 e. The van der Waals surface area contributed by atoms with Crippen LogP contribution in [0.2, 0.25) is 0 Å². The van der Waals surface area contributed by atoms with Crippen LogP contribution < -0.4 is 5.32 Å². The monoisotopic (exact) mass is 267 g/mol. The summed E-state index contributed by atoms with van der Waals surface area (Å²) in [5.41, 5.74) is 0. The van der Waals surface area contributed by atoms with Crippen LogP contribution in [0.1, 0.15) is 51.9 Å². The van der Waals surface area contributed by atoms with E-state index in [1.807, 2.05) is 6.92 Å². The van der Waals surface area contributed by atoms with Crippen molar-refractivity contribution in [3.05, 3.63) is 0 Å². The fourth-order valence-corrected chi connectivity index (χ4v) is 2.45. The third-order valence-electron chi connectivity index (χ3n) is 3.37. The molecule has 2 atom stereocenters. The van der Waals surface area contributed by atoms with Gasteiger partial charge in [0.15, 0.2) is 0 Å². The lowest BCUT2D eigenvalue weighted by Gasteiger charge is -2.20. The van der Waals surface area contributed by atoms with Gasteiger partial charge >= 0.3 is 6.18 Å². The van der Waals surface area contributed by atoms with Gasteiger partial charge in [0.25, 0.3) is 0 Å². The number of alkyl halides is 3. The van der Waals surface area contributed by atoms with Crippen LogP contribution in [0, 0.1) is 0 Å². The first-order chi connectivity index (χ1) is 8.51. The Morgan fingerprint density at radius 1 is 1.33 bits per heavy atom. The zero-order chi connectivity index (χ0) is 13.4. The molecular weight excluding hydrogens is 243 g/mol. The lowest BCUT2D eigenvalue weighted by atomic mass is 10.0. The first kappa shape index (κ1) is 15.8. The third kappa shape index (κ3) is 7.21. The average molecular weight is 267 g/mol. The molecule has 108 valence electrons. The van der Waals surface area contributed by atoms with Gasteiger partial charge in [-0.2, -0.15) is 13.2 Å². The van der Waals surface area contributed by atoms with Gasteiger partial charge in [0.2, 0.25) is 0 Å². The van der Waals surface area contributed by atoms with Gasteiger partial charge in [0.05, 0.1) is 6.10 Å². The summed E-state index contributed by atoms with van der Waals surface area (Å²) in [7, 11) is 0. The zero-order valence-electron chi connectivity index (χ0n) is 11.1. The van der Waals surface area contributed by atoms with Crippen molar-refractivity contribution in [3.63, 3.8) is 0 Å². The van der Waals surface area contributed by atoms with Crippen molar-refractivity contribution in [3.8, 4) is 0 Å². The predicted molar refractivity (Wildman–Crippen MR) is 65.6 cm³/mol. The quantitative estimate of drug-likeness (QED) is 0.724. The molecule has 1 heterocycles. The number of rotatable bonds is 8. The summed E-state index contributed by atoms with van der Waals surface area (Å²) in [6.07, 6.45) is 0.535. The molecule has 0 aliphatic carbocycles. The number of hydrogen-bond donors (Lipinski definition) is 1. The van der Waals surface area contributed by atoms with Gasteiger partial charge in [-0.05, 0) is 45.1 Å². The molecule has 1 aliphatic rings. The normalized spacial score (nSPS) is 22.3. The van der Waals surface area contributed by atoms with Crippen LogP contribution in [-0.2, 0) is 4.74 Å². The second kappa shape index (κ2) is 8.00. The Hall–Kier alpha value is -0.290. The molecule has 0 radical (unpaired) electrons. The van der Waals surface area contributed by atoms with Gasteiger partial charge < -0.3 is 10.1 Å². The summed E-state index contributed by atoms with van der Waals surface area (Å²) in [5.74, 6) is 0. The van der Waals surface area contributed by atoms with Crippen LogP contribution in [0.25, 0.3) is 0 Å². The highest BCUT2D eigenvalue weighted by Crippen LogP contribution is 2.24. The average Bonchev–Trinajstić information content (AvgIpc) is 2.77. The van der Waals surface area contributed by atoms with E-state index in [1.54, 1.807) is 0 Å². The smallest absolute Gasteiger partial charge is 0.378 e. The van der Waals surface area contributed by atoms with Crippen molar-refractivity contribution < 1.29 is 17.9 Å². The molecule has 2 nitrogen and oxygen atoms in total. The first-order valence-corrected chi connectivity index (χ1v) is 6.93. The Bertz CT molecular complexity index is 215. The van der Waals surface area contributed by atoms with E-state index in [0.717, 1.165) is 38.8 Å². The van der Waals surface area contributed by atoms with Crippen molar-refractivity contribution in [1.82, 2.24) is 5.32 Å². The molecular formula is C13H24F3NO. The molecule has 0 bridgehead atoms. The van der Waals surface area contributed by atoms with E-state index in [2.05, 4.69) is 5.32 Å². The Morgan fingerprint density at radius 2 is 2.11 bits per heavy atom. The van der Waals surface area contributed by atoms with Gasteiger partial charge in [-0.15, -0.1) is 0 Å². The highest BCUT2D eigenvalue weighted by molar-refractivity contribution is 4.72. The molecule has 0 spiro atoms. The number of ether oxygens (including phenoxy) is 1. The highest BCUT2D eigenvalue weighted by Gasteiger charge is 2.26. The molecule has 1 aliphatic heterocycles. The van der Waals surface area contributed by atoms with E-state index in [-0.39, 0.29) is 12.5 Å². The number of halogens is 3. The molecule has 0 amide bonds. The Balaban J connectivity index is 2.17. The second-order valence-electron chi connectivity index (χ2n) is 4.97. The Morgan fingerprint density at radius 3 is 2.67 bits per heavy atom. The highest BCUT2D eigenvalue weighted by atomic mass is 19.4. The van der Waals surface area contributed by atoms with Gasteiger partial charge in [-0.1, -0.05) is 6.92 Å². The molecule has 1 N–H and O–H groups in total. The maximum atomic E-state index is 12.1. The fraction of sp³-hybridized carbons (Fsp3) is 1.00. The summed E-state index contributed by atoms with van der Waals surface area (Å²) in [6.45, 7) is 3.63. The molecule has 5 heteroatoms. The fourth-order valence-electron chi connectivity index (χ4n) is 2.45. The molecule has 0 saturated carbocycles. The molecule has 0 aromatic carbocycles. The minimum absolute atomic E-state index is 0.196. The molecule has 1 fully saturated rings. The van der Waals surface area contributed by atoms with Crippen molar-refractivity contribution >= 4 is 0 Å². The zero-order valence-corrected chi connectivity index (χ0v) is 11.1. The summed E-state index contributed by atoms with van der Waals surface area (Å²) < 4.78 is 41.8. The van der Waals surface area contributed by atoms with E-state index in [0.29, 0.717) is 12.5 Å². The maximum absolute atomic E-state index is 12.1. The van der Waals surface area contributed by atoms with Gasteiger partial charge in [0.1, 0.15) is 0 Å². The van der Waals surface area contributed by atoms with Crippen LogP contribution in [0.15, 0.2) is 0 Å². The Kier molecular flexibility index (Phi) is 7.00. The van der Waals surface area contributed by atoms with Crippen molar-refractivity contribution in [2.24, 2.45) is 0 Å². The van der Waals surface area contributed by atoms with Crippen LogP contribution >= 0.6 is 0 Å². The molecule has 0 aromatic rings. The number of hydrogen-bond acceptors (Lipinski definition) is 2. The molecule has 18 heavy (non-hydrogen) atoms. The first-order valence-electron chi connectivity index (χ1n) is 6.93. The predicted octanol–water partition coefficient (Wildman–Crippen LogP) is 3.66. The number of nitrogens with one attached hydrogen (secondary N) is 1. The van der Waals surface area contributed by atoms with Crippen LogP contribution in [0.5, 0.6) is 0 Å². The topological polar surface area (TPSA) is 21.3 Å². The van der Waals surface area contributed by atoms with E-state index in [9.17, 15) is 13.2 Å². The SMILES string of the molecule is CCNC(CCCC(F)(F)F)CCC1CCCO1. The lowest BCUT2D eigenvalue weighted by Crippen LogP contribution is -2.30. The molecule has 2 unspecified atom stereocenters. The summed E-state index contributed by atoms with van der Waals surface area (Å²) in [6, 6.07) is 0.196. The molecule has 1 saturated heterocycles. The van der Waals surface area contributed by atoms with Gasteiger partial charge in [-0.25, -0.2) is 0 Å². The van der Waals surface area contributed by atoms with Crippen LogP contribution in [0.3, 0.4) is 0 Å². The summed E-state index contributed by atoms with van der Waals surface area (Å²) in [4.78, 5) is 0. The van der Waals surface area contributed by atoms with E-state index < -0.39 is 12.6 Å². The van der Waals surface area contributed by atoms with Crippen molar-refractivity contribution in [1.29, 1.82) is 0 Å². The second-order valence-corrected chi connectivity index (χ2v) is 4.97. The third-order valence-corrected chi connectivity index (χ3v) is 3.37.